The predicted molar refractivity (Wildman–Crippen MR) is 241 cm³/mol. The number of esters is 1. The monoisotopic (exact) mass is 835 g/mol. The van der Waals surface area contributed by atoms with Crippen LogP contribution < -0.4 is 30.6 Å². The third-order valence-corrected chi connectivity index (χ3v) is 14.1. The number of benzene rings is 4. The van der Waals surface area contributed by atoms with Crippen LogP contribution in [0.15, 0.2) is 83.6 Å². The molecule has 0 saturated heterocycles. The number of phenols is 2. The number of phenolic OH excluding ortho intramolecular Hbond substituents is 2. The Morgan fingerprint density at radius 2 is 1.84 bits per heavy atom. The number of carbonyl (C=O) groups is 1. The molecule has 322 valence electrons. The molecule has 0 aromatic heterocycles. The van der Waals surface area contributed by atoms with Crippen LogP contribution in [-0.4, -0.2) is 49.7 Å². The van der Waals surface area contributed by atoms with Crippen LogP contribution in [0.25, 0.3) is 11.1 Å². The van der Waals surface area contributed by atoms with Crippen LogP contribution in [0, 0.1) is 23.7 Å². The molecule has 6 N–H and O–H groups in total. The maximum atomic E-state index is 12.5. The summed E-state index contributed by atoms with van der Waals surface area (Å²) in [6, 6.07) is 20.1. The van der Waals surface area contributed by atoms with Crippen molar-refractivity contribution in [2.45, 2.75) is 95.7 Å². The van der Waals surface area contributed by atoms with Crippen molar-refractivity contribution in [2.24, 2.45) is 17.6 Å². The van der Waals surface area contributed by atoms with Crippen LogP contribution in [0.2, 0.25) is 0 Å². The molecule has 5 aliphatic rings. The number of para-hydroxylation sites is 1. The van der Waals surface area contributed by atoms with Crippen LogP contribution >= 0.6 is 0 Å². The molecule has 1 unspecified atom stereocenters. The summed E-state index contributed by atoms with van der Waals surface area (Å²) in [4.78, 5) is 12.5. The molecule has 6 atom stereocenters. The van der Waals surface area contributed by atoms with Crippen LogP contribution in [0.4, 0.5) is 5.69 Å². The molecule has 0 amide bonds. The number of hydrogen-bond acceptors (Lipinski definition) is 10. The molecule has 10 nitrogen and oxygen atoms in total. The zero-order valence-corrected chi connectivity index (χ0v) is 36.3. The van der Waals surface area contributed by atoms with Gasteiger partial charge in [0.25, 0.3) is 0 Å². The van der Waals surface area contributed by atoms with Crippen molar-refractivity contribution in [3.8, 4) is 51.7 Å². The number of methoxy groups -OCH3 is 2. The first-order valence-corrected chi connectivity index (χ1v) is 22.1. The van der Waals surface area contributed by atoms with Gasteiger partial charge in [-0.3, -0.25) is 4.79 Å². The number of nitrogens with one attached hydrogen (secondary N) is 2. The number of fused-ring (bicyclic) bond motifs is 6. The zero-order chi connectivity index (χ0) is 43.3. The minimum atomic E-state index is -0.583. The highest BCUT2D eigenvalue weighted by atomic mass is 16.5. The SMILES string of the molecule is CCNc1ccccc1CC[C@H]1C2=C(C#CCc3cc(O)c(OC)cc3[C@H]3Oc4c(ccc5c4[C@]4(CC[C@@H]1C4)Cc1cc(O)cc(OC)c1-5)[C@@H]3COC(C)=O)NC(N)C(CC)=C2. The van der Waals surface area contributed by atoms with Crippen molar-refractivity contribution in [1.29, 1.82) is 0 Å². The number of aromatic hydroxyl groups is 2. The normalized spacial score (nSPS) is 24.0. The van der Waals surface area contributed by atoms with Crippen molar-refractivity contribution < 1.29 is 34.0 Å². The highest BCUT2D eigenvalue weighted by Crippen LogP contribution is 2.63. The number of dihydropyridines is 1. The molecule has 4 aromatic rings. The van der Waals surface area contributed by atoms with Crippen LogP contribution in [-0.2, 0) is 34.2 Å². The number of allylic oxidation sites excluding steroid dienone is 3. The summed E-state index contributed by atoms with van der Waals surface area (Å²) in [6.45, 7) is 6.65. The van der Waals surface area contributed by atoms with E-state index in [0.29, 0.717) is 24.3 Å². The number of aryl methyl sites for hydroxylation is 1. The molecule has 4 aromatic carbocycles. The minimum absolute atomic E-state index is 0.00440. The molecule has 1 spiro atoms. The predicted octanol–water partition coefficient (Wildman–Crippen LogP) is 8.88. The second-order valence-electron chi connectivity index (χ2n) is 17.6. The number of ether oxygens (including phenoxy) is 4. The minimum Gasteiger partial charge on any atom is -0.508 e. The Kier molecular flexibility index (Phi) is 11.1. The first-order valence-electron chi connectivity index (χ1n) is 22.1. The lowest BCUT2D eigenvalue weighted by molar-refractivity contribution is -0.141. The molecular weight excluding hydrogens is 779 g/mol. The van der Waals surface area contributed by atoms with Crippen molar-refractivity contribution in [2.75, 3.05) is 32.7 Å². The van der Waals surface area contributed by atoms with Gasteiger partial charge in [-0.1, -0.05) is 49.3 Å². The van der Waals surface area contributed by atoms with Crippen molar-refractivity contribution in [3.63, 3.8) is 0 Å². The Hall–Kier alpha value is -6.05. The van der Waals surface area contributed by atoms with Crippen molar-refractivity contribution in [3.05, 3.63) is 117 Å². The molecule has 1 fully saturated rings. The average molecular weight is 836 g/mol. The maximum Gasteiger partial charge on any atom is 0.302 e. The molecule has 0 radical (unpaired) electrons. The van der Waals surface area contributed by atoms with Gasteiger partial charge in [-0.25, -0.2) is 0 Å². The molecule has 9 rings (SSSR count). The molecular formula is C52H57N3O7. The van der Waals surface area contributed by atoms with Crippen LogP contribution in [0.1, 0.15) is 98.3 Å². The Labute approximate surface area is 364 Å². The molecule has 3 aliphatic heterocycles. The van der Waals surface area contributed by atoms with E-state index in [-0.39, 0.29) is 53.4 Å². The van der Waals surface area contributed by atoms with Crippen molar-refractivity contribution >= 4 is 11.7 Å². The van der Waals surface area contributed by atoms with Gasteiger partial charge in [-0.05, 0) is 127 Å². The molecule has 1 saturated carbocycles. The third kappa shape index (κ3) is 7.20. The highest BCUT2D eigenvalue weighted by Gasteiger charge is 2.52. The molecule has 10 heteroatoms. The molecule has 2 aliphatic carbocycles. The summed E-state index contributed by atoms with van der Waals surface area (Å²) in [5, 5.41) is 29.5. The van der Waals surface area contributed by atoms with Gasteiger partial charge >= 0.3 is 5.97 Å². The van der Waals surface area contributed by atoms with E-state index < -0.39 is 6.10 Å². The number of rotatable bonds is 10. The van der Waals surface area contributed by atoms with E-state index >= 15 is 0 Å². The second-order valence-corrected chi connectivity index (χ2v) is 17.6. The smallest absolute Gasteiger partial charge is 0.302 e. The zero-order valence-electron chi connectivity index (χ0n) is 36.3. The largest absolute Gasteiger partial charge is 0.508 e. The van der Waals surface area contributed by atoms with Gasteiger partial charge in [0.2, 0.25) is 0 Å². The van der Waals surface area contributed by atoms with Gasteiger partial charge in [0.05, 0.1) is 32.0 Å². The van der Waals surface area contributed by atoms with Gasteiger partial charge in [-0.15, -0.1) is 0 Å². The van der Waals surface area contributed by atoms with E-state index in [1.54, 1.807) is 19.2 Å². The van der Waals surface area contributed by atoms with E-state index in [4.69, 9.17) is 24.7 Å². The van der Waals surface area contributed by atoms with Crippen LogP contribution in [0.5, 0.6) is 28.7 Å². The third-order valence-electron chi connectivity index (χ3n) is 14.1. The van der Waals surface area contributed by atoms with Gasteiger partial charge in [0.15, 0.2) is 11.5 Å². The first kappa shape index (κ1) is 41.3. The first-order chi connectivity index (χ1) is 30.1. The van der Waals surface area contributed by atoms with Gasteiger partial charge < -0.3 is 45.5 Å². The Morgan fingerprint density at radius 3 is 2.61 bits per heavy atom. The number of hydrogen-bond donors (Lipinski definition) is 5. The molecule has 4 bridgehead atoms. The van der Waals surface area contributed by atoms with Gasteiger partial charge in [0, 0.05) is 59.3 Å². The summed E-state index contributed by atoms with van der Waals surface area (Å²) in [5.74, 6) is 8.63. The lowest BCUT2D eigenvalue weighted by Crippen LogP contribution is -2.42. The fraction of sp³-hybridized carbons (Fsp3) is 0.404. The number of nitrogens with two attached hydrogens (primary N) is 1. The standard InChI is InChI=1S/C52H57N3O7/c1-6-30-22-40-36(16-15-31-11-8-9-13-42(31)54-7-2)33-19-20-52(26-33)27-34-21-35(57)24-46(60-5)47(34)38-18-17-37-41(28-61-29(3)56)49(62-50(37)48(38)52)39-25-45(59-4)44(58)23-32(39)12-10-14-43(40)55-51(30)53/h8-9,11,13,17-18,21-25,33,36,41,49,51,54-55,57-58H,6-7,12,15-16,19-20,26-28,53H2,1-5H3/t33-,36-,41+,49-,51?,52+/m1/s1. The lowest BCUT2D eigenvalue weighted by atomic mass is 9.64. The van der Waals surface area contributed by atoms with E-state index in [2.05, 4.69) is 78.8 Å². The molecule has 62 heavy (non-hydrogen) atoms. The molecule has 3 heterocycles. The van der Waals surface area contributed by atoms with Crippen LogP contribution in [0.3, 0.4) is 0 Å². The fourth-order valence-electron chi connectivity index (χ4n) is 11.3. The van der Waals surface area contributed by atoms with E-state index in [1.807, 2.05) is 12.1 Å². The van der Waals surface area contributed by atoms with E-state index in [1.165, 1.54) is 25.2 Å². The summed E-state index contributed by atoms with van der Waals surface area (Å²) >= 11 is 0. The second kappa shape index (κ2) is 16.7. The fourth-order valence-corrected chi connectivity index (χ4v) is 11.3. The topological polar surface area (TPSA) is 145 Å². The number of anilines is 1. The Balaban J connectivity index is 1.29. The highest BCUT2D eigenvalue weighted by molar-refractivity contribution is 5.84. The average Bonchev–Trinajstić information content (AvgIpc) is 3.84. The van der Waals surface area contributed by atoms with E-state index in [9.17, 15) is 15.0 Å². The van der Waals surface area contributed by atoms with Gasteiger partial charge in [0.1, 0.15) is 30.0 Å². The lowest BCUT2D eigenvalue weighted by Gasteiger charge is -2.40. The maximum absolute atomic E-state index is 12.5. The Bertz CT molecular complexity index is 2570. The summed E-state index contributed by atoms with van der Waals surface area (Å²) in [5.41, 5.74) is 18.8. The Morgan fingerprint density at radius 1 is 1.02 bits per heavy atom. The number of carbonyl (C=O) groups excluding carboxylic acids is 1. The van der Waals surface area contributed by atoms with Gasteiger partial charge in [-0.2, -0.15) is 0 Å². The van der Waals surface area contributed by atoms with E-state index in [0.717, 1.165) is 107 Å². The summed E-state index contributed by atoms with van der Waals surface area (Å²) in [6.07, 6.45) is 7.71. The summed E-state index contributed by atoms with van der Waals surface area (Å²) in [7, 11) is 3.18. The van der Waals surface area contributed by atoms with Crippen molar-refractivity contribution in [1.82, 2.24) is 5.32 Å². The summed E-state index contributed by atoms with van der Waals surface area (Å²) < 4.78 is 24.9. The quantitative estimate of drug-likeness (QED) is 0.0777.